The third-order valence-electron chi connectivity index (χ3n) is 2.64. The van der Waals surface area contributed by atoms with Crippen LogP contribution in [0.15, 0.2) is 40.1 Å². The number of carboxylic acid groups (broad SMARTS) is 1. The number of alkyl halides is 3. The smallest absolute Gasteiger partial charge is 0.416 e. The Morgan fingerprint density at radius 1 is 1.24 bits per heavy atom. The van der Waals surface area contributed by atoms with Gasteiger partial charge in [-0.25, -0.2) is 14.2 Å². The molecule has 0 atom stereocenters. The van der Waals surface area contributed by atoms with E-state index in [0.29, 0.717) is 16.8 Å². The van der Waals surface area contributed by atoms with Gasteiger partial charge in [0.15, 0.2) is 0 Å². The molecule has 1 aromatic heterocycles. The Morgan fingerprint density at radius 3 is 2.48 bits per heavy atom. The summed E-state index contributed by atoms with van der Waals surface area (Å²) >= 11 is 0. The van der Waals surface area contributed by atoms with Crippen LogP contribution in [0.5, 0.6) is 0 Å². The lowest BCUT2D eigenvalue weighted by Gasteiger charge is -2.10. The normalized spacial score (nSPS) is 11.4. The topological polar surface area (TPSA) is 92.2 Å². The number of H-pyrrole nitrogens is 1. The van der Waals surface area contributed by atoms with Gasteiger partial charge in [-0.2, -0.15) is 13.2 Å². The Kier molecular flexibility index (Phi) is 3.42. The molecule has 9 heteroatoms. The molecule has 0 saturated carbocycles. The molecule has 0 aliphatic heterocycles. The average molecular weight is 300 g/mol. The van der Waals surface area contributed by atoms with Crippen molar-refractivity contribution in [3.63, 3.8) is 0 Å². The zero-order chi connectivity index (χ0) is 15.8. The van der Waals surface area contributed by atoms with Crippen molar-refractivity contribution in [2.75, 3.05) is 0 Å². The van der Waals surface area contributed by atoms with Crippen molar-refractivity contribution in [3.05, 3.63) is 62.4 Å². The van der Waals surface area contributed by atoms with E-state index in [1.807, 2.05) is 4.98 Å². The summed E-state index contributed by atoms with van der Waals surface area (Å²) in [6.45, 7) is 0. The number of benzene rings is 1. The van der Waals surface area contributed by atoms with Crippen molar-refractivity contribution < 1.29 is 23.1 Å². The molecule has 0 radical (unpaired) electrons. The molecule has 0 aliphatic carbocycles. The molecule has 110 valence electrons. The van der Waals surface area contributed by atoms with Crippen molar-refractivity contribution in [2.24, 2.45) is 0 Å². The first-order chi connectivity index (χ1) is 9.71. The molecule has 2 aromatic rings. The monoisotopic (exact) mass is 300 g/mol. The van der Waals surface area contributed by atoms with Crippen LogP contribution in [-0.4, -0.2) is 20.6 Å². The van der Waals surface area contributed by atoms with Gasteiger partial charge >= 0.3 is 17.8 Å². The molecule has 0 bridgehead atoms. The lowest BCUT2D eigenvalue weighted by atomic mass is 10.2. The highest BCUT2D eigenvalue weighted by atomic mass is 19.4. The van der Waals surface area contributed by atoms with E-state index in [9.17, 15) is 27.6 Å². The van der Waals surface area contributed by atoms with Gasteiger partial charge < -0.3 is 10.1 Å². The number of hydrogen-bond donors (Lipinski definition) is 2. The number of carbonyl (C=O) groups is 1. The lowest BCUT2D eigenvalue weighted by molar-refractivity contribution is -0.137. The molecule has 1 heterocycles. The summed E-state index contributed by atoms with van der Waals surface area (Å²) in [6.07, 6.45) is -3.96. The summed E-state index contributed by atoms with van der Waals surface area (Å²) in [4.78, 5) is 36.3. The predicted octanol–water partition coefficient (Wildman–Crippen LogP) is 1.24. The molecule has 1 aromatic carbocycles. The fourth-order valence-electron chi connectivity index (χ4n) is 1.68. The molecule has 0 amide bonds. The summed E-state index contributed by atoms with van der Waals surface area (Å²) < 4.78 is 38.2. The predicted molar refractivity (Wildman–Crippen MR) is 64.6 cm³/mol. The highest BCUT2D eigenvalue weighted by Gasteiger charge is 2.30. The first-order valence-electron chi connectivity index (χ1n) is 5.47. The van der Waals surface area contributed by atoms with Gasteiger partial charge in [-0.1, -0.05) is 6.07 Å². The number of aromatic nitrogens is 2. The molecule has 0 spiro atoms. The van der Waals surface area contributed by atoms with Crippen LogP contribution < -0.4 is 11.2 Å². The maximum atomic E-state index is 12.6. The van der Waals surface area contributed by atoms with E-state index in [1.54, 1.807) is 0 Å². The van der Waals surface area contributed by atoms with Crippen molar-refractivity contribution in [3.8, 4) is 5.69 Å². The Morgan fingerprint density at radius 2 is 1.90 bits per heavy atom. The fraction of sp³-hybridized carbons (Fsp3) is 0.0833. The molecular formula is C12H7F3N2O4. The van der Waals surface area contributed by atoms with E-state index in [1.165, 1.54) is 0 Å². The molecule has 21 heavy (non-hydrogen) atoms. The second kappa shape index (κ2) is 4.93. The number of nitrogens with zero attached hydrogens (tertiary/aromatic N) is 1. The number of hydrogen-bond acceptors (Lipinski definition) is 3. The van der Waals surface area contributed by atoms with E-state index in [4.69, 9.17) is 5.11 Å². The van der Waals surface area contributed by atoms with Crippen LogP contribution in [0.1, 0.15) is 15.9 Å². The van der Waals surface area contributed by atoms with Crippen LogP contribution in [0.2, 0.25) is 0 Å². The molecular weight excluding hydrogens is 293 g/mol. The maximum Gasteiger partial charge on any atom is 0.416 e. The van der Waals surface area contributed by atoms with Gasteiger partial charge in [0, 0.05) is 6.20 Å². The second-order valence-electron chi connectivity index (χ2n) is 4.00. The van der Waals surface area contributed by atoms with E-state index >= 15 is 0 Å². The molecule has 6 nitrogen and oxygen atoms in total. The molecule has 0 saturated heterocycles. The Bertz CT molecular complexity index is 820. The van der Waals surface area contributed by atoms with Crippen LogP contribution in [-0.2, 0) is 6.18 Å². The van der Waals surface area contributed by atoms with E-state index < -0.39 is 34.5 Å². The number of rotatable bonds is 2. The van der Waals surface area contributed by atoms with Gasteiger partial charge in [-0.15, -0.1) is 0 Å². The SMILES string of the molecule is O=C(O)c1c[nH]c(=O)n(-c2cccc(C(F)(F)F)c2)c1=O. The first kappa shape index (κ1) is 14.6. The number of aromatic carboxylic acids is 1. The summed E-state index contributed by atoms with van der Waals surface area (Å²) in [5, 5.41) is 8.80. The van der Waals surface area contributed by atoms with Gasteiger partial charge in [-0.3, -0.25) is 4.79 Å². The van der Waals surface area contributed by atoms with Gasteiger partial charge in [0.2, 0.25) is 0 Å². The third kappa shape index (κ3) is 2.71. The maximum absolute atomic E-state index is 12.6. The number of halogens is 3. The minimum Gasteiger partial charge on any atom is -0.477 e. The number of nitrogens with one attached hydrogen (secondary N) is 1. The average Bonchev–Trinajstić information content (AvgIpc) is 2.37. The molecule has 0 aliphatic rings. The summed E-state index contributed by atoms with van der Waals surface area (Å²) in [6, 6.07) is 3.46. The second-order valence-corrected chi connectivity index (χ2v) is 4.00. The van der Waals surface area contributed by atoms with E-state index in [0.717, 1.165) is 18.2 Å². The third-order valence-corrected chi connectivity index (χ3v) is 2.64. The highest BCUT2D eigenvalue weighted by Crippen LogP contribution is 2.29. The molecule has 0 unspecified atom stereocenters. The molecule has 2 N–H and O–H groups in total. The number of aromatic amines is 1. The van der Waals surface area contributed by atoms with Crippen LogP contribution in [0, 0.1) is 0 Å². The fourth-order valence-corrected chi connectivity index (χ4v) is 1.68. The summed E-state index contributed by atoms with van der Waals surface area (Å²) in [5.41, 5.74) is -4.45. The zero-order valence-corrected chi connectivity index (χ0v) is 10.1. The van der Waals surface area contributed by atoms with Crippen LogP contribution >= 0.6 is 0 Å². The van der Waals surface area contributed by atoms with Crippen LogP contribution in [0.3, 0.4) is 0 Å². The zero-order valence-electron chi connectivity index (χ0n) is 10.1. The van der Waals surface area contributed by atoms with Gasteiger partial charge in [0.25, 0.3) is 5.56 Å². The van der Waals surface area contributed by atoms with E-state index in [-0.39, 0.29) is 5.69 Å². The minimum atomic E-state index is -4.66. The van der Waals surface area contributed by atoms with Crippen LogP contribution in [0.25, 0.3) is 5.69 Å². The van der Waals surface area contributed by atoms with Crippen LogP contribution in [0.4, 0.5) is 13.2 Å². The Labute approximate surface area is 114 Å². The Balaban J connectivity index is 2.74. The molecule has 2 rings (SSSR count). The quantitative estimate of drug-likeness (QED) is 0.873. The van der Waals surface area contributed by atoms with Crippen molar-refractivity contribution in [1.82, 2.24) is 9.55 Å². The van der Waals surface area contributed by atoms with Gasteiger partial charge in [0.1, 0.15) is 5.56 Å². The standard InChI is InChI=1S/C12H7F3N2O4/c13-12(14,15)6-2-1-3-7(4-6)17-9(18)8(10(19)20)5-16-11(17)21/h1-5H,(H,16,21)(H,19,20). The lowest BCUT2D eigenvalue weighted by Crippen LogP contribution is -2.36. The summed E-state index contributed by atoms with van der Waals surface area (Å²) in [5.74, 6) is -1.60. The first-order valence-corrected chi connectivity index (χ1v) is 5.47. The number of carboxylic acids is 1. The van der Waals surface area contributed by atoms with E-state index in [2.05, 4.69) is 0 Å². The van der Waals surface area contributed by atoms with Gasteiger partial charge in [0.05, 0.1) is 11.3 Å². The van der Waals surface area contributed by atoms with Gasteiger partial charge in [-0.05, 0) is 18.2 Å². The van der Waals surface area contributed by atoms with Crippen molar-refractivity contribution in [1.29, 1.82) is 0 Å². The highest BCUT2D eigenvalue weighted by molar-refractivity contribution is 5.86. The van der Waals surface area contributed by atoms with Crippen molar-refractivity contribution in [2.45, 2.75) is 6.18 Å². The Hall–Kier alpha value is -2.84. The minimum absolute atomic E-state index is 0.332. The summed E-state index contributed by atoms with van der Waals surface area (Å²) in [7, 11) is 0. The molecule has 0 fully saturated rings. The largest absolute Gasteiger partial charge is 0.477 e. The van der Waals surface area contributed by atoms with Crippen molar-refractivity contribution >= 4 is 5.97 Å².